The molecule has 1 fully saturated rings. The fourth-order valence-electron chi connectivity index (χ4n) is 3.48. The fourth-order valence-corrected chi connectivity index (χ4v) is 3.48. The third-order valence-corrected chi connectivity index (χ3v) is 5.03. The predicted molar refractivity (Wildman–Crippen MR) is 109 cm³/mol. The number of hydrogen-bond donors (Lipinski definition) is 3. The number of nitrogens with one attached hydrogen (secondary N) is 3. The molecule has 0 radical (unpaired) electrons. The molecule has 2 aromatic rings. The van der Waals surface area contributed by atoms with Crippen molar-refractivity contribution in [3.8, 4) is 5.75 Å². The summed E-state index contributed by atoms with van der Waals surface area (Å²) in [6, 6.07) is 6.41. The second-order valence-corrected chi connectivity index (χ2v) is 6.99. The van der Waals surface area contributed by atoms with E-state index in [2.05, 4.69) is 16.0 Å². The van der Waals surface area contributed by atoms with Crippen LogP contribution in [0.5, 0.6) is 5.75 Å². The van der Waals surface area contributed by atoms with Crippen LogP contribution in [0, 0.1) is 6.92 Å². The van der Waals surface area contributed by atoms with E-state index in [-0.39, 0.29) is 23.1 Å². The number of carbonyl (C=O) groups is 2. The summed E-state index contributed by atoms with van der Waals surface area (Å²) in [5.74, 6) is 0.172. The Labute approximate surface area is 168 Å². The van der Waals surface area contributed by atoms with Crippen LogP contribution in [-0.2, 0) is 0 Å². The van der Waals surface area contributed by atoms with Gasteiger partial charge in [-0.05, 0) is 56.1 Å². The molecule has 8 nitrogen and oxygen atoms in total. The minimum atomic E-state index is -0.676. The number of benzene rings is 1. The molecule has 3 rings (SSSR count). The van der Waals surface area contributed by atoms with Crippen LogP contribution in [0.1, 0.15) is 50.8 Å². The van der Waals surface area contributed by atoms with Crippen LogP contribution in [0.25, 0.3) is 0 Å². The second-order valence-electron chi connectivity index (χ2n) is 6.99. The van der Waals surface area contributed by atoms with Gasteiger partial charge in [0, 0.05) is 25.1 Å². The summed E-state index contributed by atoms with van der Waals surface area (Å²) >= 11 is 0. The maximum atomic E-state index is 12.8. The molecular formula is C21H25N3O5. The van der Waals surface area contributed by atoms with Gasteiger partial charge in [0.15, 0.2) is 0 Å². The first-order valence-electron chi connectivity index (χ1n) is 9.51. The molecular weight excluding hydrogens is 374 g/mol. The number of rotatable bonds is 5. The van der Waals surface area contributed by atoms with Crippen LogP contribution in [0.2, 0.25) is 0 Å². The number of amides is 2. The molecule has 154 valence electrons. The van der Waals surface area contributed by atoms with Crippen LogP contribution in [-0.4, -0.2) is 39.1 Å². The van der Waals surface area contributed by atoms with Gasteiger partial charge >= 0.3 is 5.63 Å². The summed E-state index contributed by atoms with van der Waals surface area (Å²) < 4.78 is 10.7. The third-order valence-electron chi connectivity index (χ3n) is 5.03. The van der Waals surface area contributed by atoms with Gasteiger partial charge in [0.1, 0.15) is 17.1 Å². The normalized spacial score (nSPS) is 16.2. The number of methoxy groups -OCH3 is 1. The Morgan fingerprint density at radius 3 is 2.66 bits per heavy atom. The quantitative estimate of drug-likeness (QED) is 0.710. The molecule has 1 aromatic carbocycles. The van der Waals surface area contributed by atoms with Crippen LogP contribution in [0.3, 0.4) is 0 Å². The monoisotopic (exact) mass is 399 g/mol. The van der Waals surface area contributed by atoms with Crippen molar-refractivity contribution in [2.24, 2.45) is 0 Å². The Balaban J connectivity index is 1.89. The molecule has 29 heavy (non-hydrogen) atoms. The molecule has 1 saturated heterocycles. The van der Waals surface area contributed by atoms with Crippen LogP contribution in [0.15, 0.2) is 33.5 Å². The van der Waals surface area contributed by atoms with E-state index in [1.54, 1.807) is 25.1 Å². The topological polar surface area (TPSA) is 110 Å². The maximum Gasteiger partial charge on any atom is 0.349 e. The number of hydrogen-bond acceptors (Lipinski definition) is 6. The molecule has 1 aliphatic heterocycles. The maximum absolute atomic E-state index is 12.8. The van der Waals surface area contributed by atoms with Crippen molar-refractivity contribution in [3.05, 3.63) is 57.1 Å². The molecule has 0 aliphatic carbocycles. The lowest BCUT2D eigenvalue weighted by molar-refractivity contribution is 0.0961. The summed E-state index contributed by atoms with van der Waals surface area (Å²) in [6.07, 6.45) is 1.95. The Morgan fingerprint density at radius 1 is 1.24 bits per heavy atom. The first kappa shape index (κ1) is 20.6. The van der Waals surface area contributed by atoms with Crippen LogP contribution in [0.4, 0.5) is 5.69 Å². The average Bonchev–Trinajstić information content (AvgIpc) is 2.73. The molecule has 8 heteroatoms. The van der Waals surface area contributed by atoms with E-state index in [0.29, 0.717) is 22.6 Å². The highest BCUT2D eigenvalue weighted by atomic mass is 16.5. The zero-order valence-electron chi connectivity index (χ0n) is 16.8. The number of piperidine rings is 1. The van der Waals surface area contributed by atoms with E-state index in [1.807, 2.05) is 0 Å². The molecule has 1 unspecified atom stereocenters. The van der Waals surface area contributed by atoms with Crippen molar-refractivity contribution in [1.82, 2.24) is 10.6 Å². The van der Waals surface area contributed by atoms with Gasteiger partial charge < -0.3 is 25.1 Å². The molecule has 3 N–H and O–H groups in total. The Kier molecular flexibility index (Phi) is 6.33. The number of carbonyl (C=O) groups excluding carboxylic acids is 2. The highest BCUT2D eigenvalue weighted by Gasteiger charge is 2.23. The average molecular weight is 399 g/mol. The SMILES string of the molecule is CNC(=O)c1ccc(OC)c(NC(=O)c2c(C)cc(C3CCCNC3)oc2=O)c1. The Bertz CT molecular complexity index is 977. The van der Waals surface area contributed by atoms with Gasteiger partial charge in [0.2, 0.25) is 0 Å². The molecule has 0 saturated carbocycles. The van der Waals surface area contributed by atoms with E-state index in [1.165, 1.54) is 20.2 Å². The van der Waals surface area contributed by atoms with Crippen molar-refractivity contribution in [1.29, 1.82) is 0 Å². The van der Waals surface area contributed by atoms with Gasteiger partial charge in [-0.2, -0.15) is 0 Å². The smallest absolute Gasteiger partial charge is 0.349 e. The van der Waals surface area contributed by atoms with E-state index in [0.717, 1.165) is 25.9 Å². The third kappa shape index (κ3) is 4.48. The molecule has 1 aromatic heterocycles. The van der Waals surface area contributed by atoms with Gasteiger partial charge in [0.05, 0.1) is 12.8 Å². The van der Waals surface area contributed by atoms with Crippen molar-refractivity contribution in [3.63, 3.8) is 0 Å². The fraction of sp³-hybridized carbons (Fsp3) is 0.381. The van der Waals surface area contributed by atoms with Gasteiger partial charge in [-0.1, -0.05) is 0 Å². The lowest BCUT2D eigenvalue weighted by Crippen LogP contribution is -2.30. The van der Waals surface area contributed by atoms with Crippen molar-refractivity contribution in [2.75, 3.05) is 32.6 Å². The molecule has 1 atom stereocenters. The number of ether oxygens (including phenoxy) is 1. The largest absolute Gasteiger partial charge is 0.495 e. The Hall–Kier alpha value is -3.13. The summed E-state index contributed by atoms with van der Waals surface area (Å²) in [5.41, 5.74) is 0.445. The van der Waals surface area contributed by atoms with Gasteiger partial charge in [0.25, 0.3) is 11.8 Å². The van der Waals surface area contributed by atoms with Crippen molar-refractivity contribution >= 4 is 17.5 Å². The molecule has 0 bridgehead atoms. The first-order valence-corrected chi connectivity index (χ1v) is 9.51. The second kappa shape index (κ2) is 8.91. The summed E-state index contributed by atoms with van der Waals surface area (Å²) in [5, 5.41) is 8.47. The van der Waals surface area contributed by atoms with Crippen molar-refractivity contribution in [2.45, 2.75) is 25.7 Å². The van der Waals surface area contributed by atoms with E-state index < -0.39 is 11.5 Å². The lowest BCUT2D eigenvalue weighted by atomic mass is 9.95. The summed E-state index contributed by atoms with van der Waals surface area (Å²) in [6.45, 7) is 3.42. The number of anilines is 1. The summed E-state index contributed by atoms with van der Waals surface area (Å²) in [7, 11) is 2.97. The minimum absolute atomic E-state index is 0.0649. The van der Waals surface area contributed by atoms with Gasteiger partial charge in [-0.3, -0.25) is 9.59 Å². The summed E-state index contributed by atoms with van der Waals surface area (Å²) in [4.78, 5) is 37.3. The standard InChI is InChI=1S/C21H25N3O5/c1-12-9-17(14-5-4-8-23-11-14)29-21(27)18(12)20(26)24-15-10-13(19(25)22-2)6-7-16(15)28-3/h6-7,9-10,14,23H,4-5,8,11H2,1-3H3,(H,22,25)(H,24,26). The van der Waals surface area contributed by atoms with Crippen LogP contribution < -0.4 is 26.3 Å². The van der Waals surface area contributed by atoms with E-state index in [4.69, 9.17) is 9.15 Å². The Morgan fingerprint density at radius 2 is 2.03 bits per heavy atom. The van der Waals surface area contributed by atoms with Gasteiger partial charge in [-0.25, -0.2) is 4.79 Å². The minimum Gasteiger partial charge on any atom is -0.495 e. The molecule has 0 spiro atoms. The van der Waals surface area contributed by atoms with Crippen molar-refractivity contribution < 1.29 is 18.7 Å². The highest BCUT2D eigenvalue weighted by Crippen LogP contribution is 2.27. The number of aryl methyl sites for hydroxylation is 1. The highest BCUT2D eigenvalue weighted by molar-refractivity contribution is 6.06. The lowest BCUT2D eigenvalue weighted by Gasteiger charge is -2.22. The van der Waals surface area contributed by atoms with Gasteiger partial charge in [-0.15, -0.1) is 0 Å². The first-order chi connectivity index (χ1) is 13.9. The predicted octanol–water partition coefficient (Wildman–Crippen LogP) is 2.04. The molecule has 1 aliphatic rings. The molecule has 2 heterocycles. The zero-order valence-corrected chi connectivity index (χ0v) is 16.8. The molecule has 2 amide bonds. The van der Waals surface area contributed by atoms with E-state index >= 15 is 0 Å². The van der Waals surface area contributed by atoms with E-state index in [9.17, 15) is 14.4 Å². The van der Waals surface area contributed by atoms with Crippen LogP contribution >= 0.6 is 0 Å². The zero-order chi connectivity index (χ0) is 21.0.